The quantitative estimate of drug-likeness (QED) is 0.156. The summed E-state index contributed by atoms with van der Waals surface area (Å²) in [7, 11) is 0. The van der Waals surface area contributed by atoms with E-state index in [1.54, 1.807) is 35.5 Å². The molecule has 2 N–H and O–H groups in total. The van der Waals surface area contributed by atoms with Gasteiger partial charge in [0, 0.05) is 35.6 Å². The standard InChI is InChI=1S/C40H49N3O5/c1-39(2,3)42(25-27-44)37(46)35-17-11-9-13-30(35)19-20-33(45)29-31-14-10-12-18-36(31)38(47)43(26-28-48-34-21-23-41-24-22-34)40(4,5)32-15-7-6-8-16-32/h6-18,21-24,33,44-45H,19-20,25-29H2,1-5H3. The van der Waals surface area contributed by atoms with E-state index < -0.39 is 17.2 Å². The summed E-state index contributed by atoms with van der Waals surface area (Å²) >= 11 is 0. The van der Waals surface area contributed by atoms with Gasteiger partial charge in [0.1, 0.15) is 12.4 Å². The van der Waals surface area contributed by atoms with Crippen LogP contribution in [0.15, 0.2) is 103 Å². The zero-order valence-corrected chi connectivity index (χ0v) is 28.8. The van der Waals surface area contributed by atoms with E-state index in [-0.39, 0.29) is 31.4 Å². The van der Waals surface area contributed by atoms with E-state index in [1.807, 2.05) is 112 Å². The van der Waals surface area contributed by atoms with E-state index in [1.165, 1.54) is 0 Å². The average molecular weight is 652 g/mol. The Morgan fingerprint density at radius 3 is 1.94 bits per heavy atom. The second-order valence-corrected chi connectivity index (χ2v) is 13.5. The van der Waals surface area contributed by atoms with E-state index in [0.717, 1.165) is 16.7 Å². The van der Waals surface area contributed by atoms with Crippen molar-refractivity contribution in [1.82, 2.24) is 14.8 Å². The van der Waals surface area contributed by atoms with Gasteiger partial charge in [-0.1, -0.05) is 66.7 Å². The number of aliphatic hydroxyl groups excluding tert-OH is 2. The van der Waals surface area contributed by atoms with Crippen LogP contribution in [0, 0.1) is 0 Å². The number of aryl methyl sites for hydroxylation is 1. The van der Waals surface area contributed by atoms with Crippen molar-refractivity contribution in [3.8, 4) is 5.75 Å². The topological polar surface area (TPSA) is 103 Å². The molecule has 2 amide bonds. The minimum absolute atomic E-state index is 0.125. The van der Waals surface area contributed by atoms with E-state index in [0.29, 0.717) is 42.9 Å². The molecule has 1 atom stereocenters. The van der Waals surface area contributed by atoms with Gasteiger partial charge in [0.05, 0.1) is 24.8 Å². The molecular formula is C40H49N3O5. The van der Waals surface area contributed by atoms with Crippen LogP contribution < -0.4 is 4.74 Å². The molecule has 0 radical (unpaired) electrons. The summed E-state index contributed by atoms with van der Waals surface area (Å²) in [5.74, 6) is 0.389. The van der Waals surface area contributed by atoms with Crippen LogP contribution in [0.3, 0.4) is 0 Å². The second-order valence-electron chi connectivity index (χ2n) is 13.5. The van der Waals surface area contributed by atoms with Crippen LogP contribution in [0.4, 0.5) is 0 Å². The average Bonchev–Trinajstić information content (AvgIpc) is 3.08. The van der Waals surface area contributed by atoms with Crippen molar-refractivity contribution in [1.29, 1.82) is 0 Å². The van der Waals surface area contributed by atoms with Gasteiger partial charge >= 0.3 is 0 Å². The molecule has 4 aromatic rings. The van der Waals surface area contributed by atoms with Crippen molar-refractivity contribution < 1.29 is 24.5 Å². The number of rotatable bonds is 15. The third-order valence-electron chi connectivity index (χ3n) is 8.71. The molecule has 1 unspecified atom stereocenters. The molecule has 0 spiro atoms. The highest BCUT2D eigenvalue weighted by Gasteiger charge is 2.34. The smallest absolute Gasteiger partial charge is 0.254 e. The predicted octanol–water partition coefficient (Wildman–Crippen LogP) is 6.31. The van der Waals surface area contributed by atoms with E-state index in [9.17, 15) is 19.8 Å². The van der Waals surface area contributed by atoms with Crippen molar-refractivity contribution in [3.63, 3.8) is 0 Å². The lowest BCUT2D eigenvalue weighted by Gasteiger charge is -2.39. The largest absolute Gasteiger partial charge is 0.492 e. The number of benzene rings is 3. The molecule has 4 rings (SSSR count). The highest BCUT2D eigenvalue weighted by Crippen LogP contribution is 2.30. The summed E-state index contributed by atoms with van der Waals surface area (Å²) in [5.41, 5.74) is 2.57. The number of amides is 2. The Labute approximate surface area is 285 Å². The molecule has 254 valence electrons. The number of nitrogens with zero attached hydrogens (tertiary/aromatic N) is 3. The van der Waals surface area contributed by atoms with Gasteiger partial charge in [-0.15, -0.1) is 0 Å². The minimum Gasteiger partial charge on any atom is -0.492 e. The lowest BCUT2D eigenvalue weighted by atomic mass is 9.90. The van der Waals surface area contributed by atoms with Gasteiger partial charge in [0.15, 0.2) is 0 Å². The van der Waals surface area contributed by atoms with Gasteiger partial charge in [0.2, 0.25) is 0 Å². The van der Waals surface area contributed by atoms with Crippen molar-refractivity contribution in [2.75, 3.05) is 26.3 Å². The lowest BCUT2D eigenvalue weighted by molar-refractivity contribution is 0.0491. The summed E-state index contributed by atoms with van der Waals surface area (Å²) in [6.45, 7) is 10.6. The van der Waals surface area contributed by atoms with Crippen LogP contribution in [-0.4, -0.2) is 74.8 Å². The van der Waals surface area contributed by atoms with Gasteiger partial charge in [-0.2, -0.15) is 0 Å². The highest BCUT2D eigenvalue weighted by molar-refractivity contribution is 5.97. The highest BCUT2D eigenvalue weighted by atomic mass is 16.5. The Kier molecular flexibility index (Phi) is 12.5. The SMILES string of the molecule is CC(C)(C)N(CCO)C(=O)c1ccccc1CCC(O)Cc1ccccc1C(=O)N(CCOc1ccncc1)C(C)(C)c1ccccc1. The number of ether oxygens (including phenoxy) is 1. The van der Waals surface area contributed by atoms with Gasteiger partial charge in [-0.25, -0.2) is 0 Å². The molecule has 0 aliphatic carbocycles. The molecule has 0 aliphatic rings. The van der Waals surface area contributed by atoms with Gasteiger partial charge in [0.25, 0.3) is 11.8 Å². The number of hydrogen-bond acceptors (Lipinski definition) is 6. The third kappa shape index (κ3) is 9.30. The Morgan fingerprint density at radius 2 is 1.31 bits per heavy atom. The van der Waals surface area contributed by atoms with Gasteiger partial charge in [-0.3, -0.25) is 14.6 Å². The molecule has 0 bridgehead atoms. The monoisotopic (exact) mass is 651 g/mol. The Balaban J connectivity index is 1.52. The maximum atomic E-state index is 14.4. The van der Waals surface area contributed by atoms with Gasteiger partial charge < -0.3 is 24.7 Å². The van der Waals surface area contributed by atoms with Crippen LogP contribution in [0.25, 0.3) is 0 Å². The normalized spacial score (nSPS) is 12.3. The molecule has 0 saturated carbocycles. The maximum Gasteiger partial charge on any atom is 0.254 e. The Bertz CT molecular complexity index is 1620. The fraction of sp³-hybridized carbons (Fsp3) is 0.375. The first kappa shape index (κ1) is 36.3. The summed E-state index contributed by atoms with van der Waals surface area (Å²) in [5, 5.41) is 20.9. The zero-order chi connectivity index (χ0) is 34.7. The molecule has 1 aromatic heterocycles. The second kappa shape index (κ2) is 16.5. The summed E-state index contributed by atoms with van der Waals surface area (Å²) in [6.07, 6.45) is 3.76. The molecule has 0 aliphatic heterocycles. The van der Waals surface area contributed by atoms with Crippen LogP contribution in [0.1, 0.15) is 78.4 Å². The number of aliphatic hydroxyl groups is 2. The number of pyridine rings is 1. The summed E-state index contributed by atoms with van der Waals surface area (Å²) in [6, 6.07) is 28.4. The van der Waals surface area contributed by atoms with Crippen LogP contribution in [0.2, 0.25) is 0 Å². The first-order valence-electron chi connectivity index (χ1n) is 16.6. The number of carbonyl (C=O) groups is 2. The van der Waals surface area contributed by atoms with Crippen molar-refractivity contribution in [2.45, 2.75) is 71.1 Å². The first-order chi connectivity index (χ1) is 22.9. The third-order valence-corrected chi connectivity index (χ3v) is 8.71. The summed E-state index contributed by atoms with van der Waals surface area (Å²) in [4.78, 5) is 35.5. The minimum atomic E-state index is -0.746. The van der Waals surface area contributed by atoms with E-state index >= 15 is 0 Å². The molecule has 1 heterocycles. The van der Waals surface area contributed by atoms with Crippen LogP contribution in [0.5, 0.6) is 5.75 Å². The Hall–Kier alpha value is -4.53. The molecule has 0 saturated heterocycles. The number of carbonyl (C=O) groups excluding carboxylic acids is 2. The number of aromatic nitrogens is 1. The molecule has 48 heavy (non-hydrogen) atoms. The first-order valence-corrected chi connectivity index (χ1v) is 16.6. The lowest BCUT2D eigenvalue weighted by Crippen LogP contribution is -2.48. The Morgan fingerprint density at radius 1 is 0.750 bits per heavy atom. The fourth-order valence-corrected chi connectivity index (χ4v) is 5.99. The van der Waals surface area contributed by atoms with Crippen molar-refractivity contribution in [3.05, 3.63) is 131 Å². The maximum absolute atomic E-state index is 14.4. The molecule has 3 aromatic carbocycles. The van der Waals surface area contributed by atoms with Crippen LogP contribution >= 0.6 is 0 Å². The van der Waals surface area contributed by atoms with E-state index in [4.69, 9.17) is 4.74 Å². The fourth-order valence-electron chi connectivity index (χ4n) is 5.99. The van der Waals surface area contributed by atoms with E-state index in [2.05, 4.69) is 4.98 Å². The predicted molar refractivity (Wildman–Crippen MR) is 189 cm³/mol. The summed E-state index contributed by atoms with van der Waals surface area (Å²) < 4.78 is 5.98. The van der Waals surface area contributed by atoms with Gasteiger partial charge in [-0.05, 0) is 94.8 Å². The molecule has 8 nitrogen and oxygen atoms in total. The molecule has 8 heteroatoms. The molecular weight excluding hydrogens is 602 g/mol. The zero-order valence-electron chi connectivity index (χ0n) is 28.8. The number of hydrogen-bond donors (Lipinski definition) is 2. The number of β-amino-alcohol motifs (C(OH)–C–C–N with tert-alkyl or cyclic N) is 1. The van der Waals surface area contributed by atoms with Crippen molar-refractivity contribution >= 4 is 11.8 Å². The van der Waals surface area contributed by atoms with Crippen molar-refractivity contribution in [2.24, 2.45) is 0 Å². The molecule has 0 fully saturated rings. The van der Waals surface area contributed by atoms with Crippen LogP contribution in [-0.2, 0) is 18.4 Å².